The number of hydrazone groups is 1. The summed E-state index contributed by atoms with van der Waals surface area (Å²) in [7, 11) is 0. The molecule has 0 bridgehead atoms. The van der Waals surface area contributed by atoms with Crippen molar-refractivity contribution >= 4 is 27.4 Å². The van der Waals surface area contributed by atoms with E-state index < -0.39 is 0 Å². The van der Waals surface area contributed by atoms with Crippen LogP contribution in [0.15, 0.2) is 5.10 Å². The fourth-order valence-electron chi connectivity index (χ4n) is 2.67. The zero-order valence-electron chi connectivity index (χ0n) is 9.22. The Balaban J connectivity index is 2.14. The number of ketones is 1. The lowest BCUT2D eigenvalue weighted by Gasteiger charge is -2.36. The van der Waals surface area contributed by atoms with Gasteiger partial charge in [0.05, 0.1) is 17.7 Å². The van der Waals surface area contributed by atoms with E-state index in [9.17, 15) is 4.79 Å². The smallest absolute Gasteiger partial charge is 0.144 e. The van der Waals surface area contributed by atoms with E-state index in [0.717, 1.165) is 23.9 Å². The van der Waals surface area contributed by atoms with Crippen LogP contribution in [0.3, 0.4) is 0 Å². The summed E-state index contributed by atoms with van der Waals surface area (Å²) in [6.07, 6.45) is 2.61. The van der Waals surface area contributed by atoms with Crippen molar-refractivity contribution in [2.75, 3.05) is 5.33 Å². The van der Waals surface area contributed by atoms with Crippen LogP contribution in [0.1, 0.15) is 33.1 Å². The maximum atomic E-state index is 12.0. The van der Waals surface area contributed by atoms with Crippen LogP contribution in [0.4, 0.5) is 0 Å². The lowest BCUT2D eigenvalue weighted by atomic mass is 9.68. The molecule has 0 aromatic heterocycles. The van der Waals surface area contributed by atoms with Gasteiger partial charge in [0.25, 0.3) is 0 Å². The summed E-state index contributed by atoms with van der Waals surface area (Å²) in [5, 5.41) is 5.18. The molecule has 1 aliphatic heterocycles. The Bertz CT molecular complexity index is 312. The van der Waals surface area contributed by atoms with Crippen molar-refractivity contribution < 1.29 is 4.79 Å². The van der Waals surface area contributed by atoms with Crippen molar-refractivity contribution in [1.29, 1.82) is 0 Å². The third-order valence-corrected chi connectivity index (χ3v) is 3.65. The van der Waals surface area contributed by atoms with Gasteiger partial charge in [0.15, 0.2) is 0 Å². The van der Waals surface area contributed by atoms with E-state index in [1.54, 1.807) is 0 Å². The van der Waals surface area contributed by atoms with Crippen molar-refractivity contribution in [2.45, 2.75) is 39.2 Å². The van der Waals surface area contributed by atoms with Crippen molar-refractivity contribution in [3.63, 3.8) is 0 Å². The van der Waals surface area contributed by atoms with Crippen molar-refractivity contribution in [3.05, 3.63) is 0 Å². The number of hydrogen-bond donors (Lipinski definition) is 1. The number of hydrogen-bond acceptors (Lipinski definition) is 3. The molecule has 0 amide bonds. The fraction of sp³-hybridized carbons (Fsp3) is 0.818. The van der Waals surface area contributed by atoms with E-state index in [4.69, 9.17) is 0 Å². The number of nitrogens with zero attached hydrogens (tertiary/aromatic N) is 1. The molecule has 2 atom stereocenters. The highest BCUT2D eigenvalue weighted by molar-refractivity contribution is 9.09. The number of fused-ring (bicyclic) bond motifs is 1. The van der Waals surface area contributed by atoms with Gasteiger partial charge in [-0.15, -0.1) is 0 Å². The molecule has 84 valence electrons. The van der Waals surface area contributed by atoms with Crippen molar-refractivity contribution in [2.24, 2.45) is 16.4 Å². The molecule has 0 aromatic rings. The van der Waals surface area contributed by atoms with Crippen LogP contribution in [0.5, 0.6) is 0 Å². The van der Waals surface area contributed by atoms with Crippen molar-refractivity contribution in [3.8, 4) is 0 Å². The molecule has 3 nitrogen and oxygen atoms in total. The first-order chi connectivity index (χ1) is 7.03. The standard InChI is InChI=1S/C11H17BrN2O/c1-11(2)5-8-10(9(15)6-11)7(3-4-12)13-14-8/h8,10,14H,3-6H2,1-2H3/t8-,10+/m1/s1. The molecule has 1 fully saturated rings. The SMILES string of the molecule is CC1(C)CC(=O)[C@H]2C(CCBr)=NN[C@@H]2C1. The van der Waals surface area contributed by atoms with E-state index in [-0.39, 0.29) is 17.4 Å². The predicted octanol–water partition coefficient (Wildman–Crippen LogP) is 2.10. The summed E-state index contributed by atoms with van der Waals surface area (Å²) in [4.78, 5) is 12.0. The molecule has 0 spiro atoms. The average molecular weight is 273 g/mol. The maximum absolute atomic E-state index is 12.0. The molecular weight excluding hydrogens is 256 g/mol. The number of halogens is 1. The number of Topliss-reactive ketones (excluding diaryl/α,β-unsaturated/α-hetero) is 1. The van der Waals surface area contributed by atoms with Crippen LogP contribution < -0.4 is 5.43 Å². The highest BCUT2D eigenvalue weighted by atomic mass is 79.9. The maximum Gasteiger partial charge on any atom is 0.144 e. The van der Waals surface area contributed by atoms with E-state index in [1.807, 2.05) is 0 Å². The minimum Gasteiger partial charge on any atom is -0.306 e. The Hall–Kier alpha value is -0.380. The fourth-order valence-corrected chi connectivity index (χ4v) is 3.08. The van der Waals surface area contributed by atoms with Crippen LogP contribution in [0, 0.1) is 11.3 Å². The molecule has 0 unspecified atom stereocenters. The molecule has 0 saturated heterocycles. The lowest BCUT2D eigenvalue weighted by Crippen LogP contribution is -2.45. The number of carbonyl (C=O) groups excluding carboxylic acids is 1. The van der Waals surface area contributed by atoms with Gasteiger partial charge in [0, 0.05) is 11.8 Å². The largest absolute Gasteiger partial charge is 0.306 e. The Morgan fingerprint density at radius 1 is 1.60 bits per heavy atom. The van der Waals surface area contributed by atoms with E-state index in [2.05, 4.69) is 40.3 Å². The summed E-state index contributed by atoms with van der Waals surface area (Å²) >= 11 is 3.40. The number of alkyl halides is 1. The first-order valence-corrected chi connectivity index (χ1v) is 6.56. The lowest BCUT2D eigenvalue weighted by molar-refractivity contribution is -0.126. The van der Waals surface area contributed by atoms with Crippen LogP contribution in [-0.2, 0) is 4.79 Å². The number of nitrogens with one attached hydrogen (secondary N) is 1. The van der Waals surface area contributed by atoms with Crippen LogP contribution >= 0.6 is 15.9 Å². The Morgan fingerprint density at radius 2 is 2.33 bits per heavy atom. The molecule has 4 heteroatoms. The van der Waals surface area contributed by atoms with Gasteiger partial charge in [-0.1, -0.05) is 29.8 Å². The molecule has 2 rings (SSSR count). The predicted molar refractivity (Wildman–Crippen MR) is 64.3 cm³/mol. The number of rotatable bonds is 2. The average Bonchev–Trinajstić information content (AvgIpc) is 2.46. The summed E-state index contributed by atoms with van der Waals surface area (Å²) in [5.74, 6) is 0.413. The minimum atomic E-state index is 0.0515. The molecule has 0 aromatic carbocycles. The van der Waals surface area contributed by atoms with Gasteiger partial charge in [-0.3, -0.25) is 4.79 Å². The first kappa shape index (κ1) is 11.1. The molecular formula is C11H17BrN2O. The van der Waals surface area contributed by atoms with E-state index >= 15 is 0 Å². The Labute approximate surface area is 98.8 Å². The molecule has 15 heavy (non-hydrogen) atoms. The monoisotopic (exact) mass is 272 g/mol. The zero-order chi connectivity index (χ0) is 11.1. The molecule has 0 radical (unpaired) electrons. The highest BCUT2D eigenvalue weighted by Gasteiger charge is 2.45. The normalized spacial score (nSPS) is 33.3. The Kier molecular flexibility index (Phi) is 2.88. The van der Waals surface area contributed by atoms with Crippen LogP contribution in [-0.4, -0.2) is 22.9 Å². The van der Waals surface area contributed by atoms with Gasteiger partial charge < -0.3 is 5.43 Å². The van der Waals surface area contributed by atoms with Gasteiger partial charge in [-0.25, -0.2) is 0 Å². The van der Waals surface area contributed by atoms with Gasteiger partial charge in [-0.2, -0.15) is 5.10 Å². The molecule has 2 aliphatic rings. The molecule has 1 saturated carbocycles. The summed E-state index contributed by atoms with van der Waals surface area (Å²) in [6, 6.07) is 0.246. The van der Waals surface area contributed by atoms with Gasteiger partial charge in [0.2, 0.25) is 0 Å². The quantitative estimate of drug-likeness (QED) is 0.783. The van der Waals surface area contributed by atoms with Crippen LogP contribution in [0.25, 0.3) is 0 Å². The summed E-state index contributed by atoms with van der Waals surface area (Å²) < 4.78 is 0. The summed E-state index contributed by atoms with van der Waals surface area (Å²) in [6.45, 7) is 4.32. The Morgan fingerprint density at radius 3 is 3.00 bits per heavy atom. The van der Waals surface area contributed by atoms with Gasteiger partial charge in [0.1, 0.15) is 5.78 Å². The van der Waals surface area contributed by atoms with Gasteiger partial charge in [-0.05, 0) is 18.3 Å². The highest BCUT2D eigenvalue weighted by Crippen LogP contribution is 2.38. The second-order valence-electron chi connectivity index (χ2n) is 5.27. The van der Waals surface area contributed by atoms with E-state index in [0.29, 0.717) is 12.2 Å². The van der Waals surface area contributed by atoms with E-state index in [1.165, 1.54) is 0 Å². The molecule has 1 heterocycles. The second kappa shape index (κ2) is 3.89. The van der Waals surface area contributed by atoms with Gasteiger partial charge >= 0.3 is 0 Å². The first-order valence-electron chi connectivity index (χ1n) is 5.44. The molecule has 1 aliphatic carbocycles. The number of carbonyl (C=O) groups is 1. The zero-order valence-corrected chi connectivity index (χ0v) is 10.8. The molecule has 1 N–H and O–H groups in total. The van der Waals surface area contributed by atoms with Crippen molar-refractivity contribution in [1.82, 2.24) is 5.43 Å². The van der Waals surface area contributed by atoms with Crippen LogP contribution in [0.2, 0.25) is 0 Å². The third kappa shape index (κ3) is 2.10. The third-order valence-electron chi connectivity index (χ3n) is 3.26. The minimum absolute atomic E-state index is 0.0515. The topological polar surface area (TPSA) is 41.5 Å². The second-order valence-corrected chi connectivity index (χ2v) is 6.06. The summed E-state index contributed by atoms with van der Waals surface area (Å²) in [5.41, 5.74) is 4.29.